The SMILES string of the molecule is CCS(=O)(=O)N1CC(=O)N(c2ccc(C)c(C)c2)[C@](C)(C(=O)NC2CCCCCC2)C1. The summed E-state index contributed by atoms with van der Waals surface area (Å²) in [4.78, 5) is 28.4. The van der Waals surface area contributed by atoms with Gasteiger partial charge in [-0.3, -0.25) is 14.5 Å². The Balaban J connectivity index is 1.99. The van der Waals surface area contributed by atoms with Gasteiger partial charge in [0.2, 0.25) is 21.8 Å². The number of benzene rings is 1. The minimum atomic E-state index is -3.61. The van der Waals surface area contributed by atoms with Gasteiger partial charge in [0, 0.05) is 18.3 Å². The Hall–Kier alpha value is -1.93. The first-order valence-corrected chi connectivity index (χ1v) is 12.9. The summed E-state index contributed by atoms with van der Waals surface area (Å²) in [6.07, 6.45) is 6.29. The lowest BCUT2D eigenvalue weighted by molar-refractivity contribution is -0.133. The number of carbonyl (C=O) groups excluding carboxylic acids is 2. The Morgan fingerprint density at radius 2 is 1.77 bits per heavy atom. The summed E-state index contributed by atoms with van der Waals surface area (Å²) in [6.45, 7) is 6.88. The third-order valence-corrected chi connectivity index (χ3v) is 8.50. The van der Waals surface area contributed by atoms with Gasteiger partial charge in [0.1, 0.15) is 5.54 Å². The van der Waals surface area contributed by atoms with Crippen LogP contribution in [-0.4, -0.2) is 55.0 Å². The average molecular weight is 450 g/mol. The van der Waals surface area contributed by atoms with Gasteiger partial charge in [0.25, 0.3) is 0 Å². The highest BCUT2D eigenvalue weighted by Gasteiger charge is 2.51. The Kier molecular flexibility index (Phi) is 7.11. The van der Waals surface area contributed by atoms with Crippen LogP contribution in [0.5, 0.6) is 0 Å². The van der Waals surface area contributed by atoms with Crippen molar-refractivity contribution in [3.63, 3.8) is 0 Å². The van der Waals surface area contributed by atoms with Crippen molar-refractivity contribution in [2.24, 2.45) is 0 Å². The normalized spacial score (nSPS) is 24.1. The maximum Gasteiger partial charge on any atom is 0.247 e. The number of sulfonamides is 1. The van der Waals surface area contributed by atoms with Crippen LogP contribution in [0.15, 0.2) is 18.2 Å². The van der Waals surface area contributed by atoms with Crippen LogP contribution in [0, 0.1) is 13.8 Å². The summed E-state index contributed by atoms with van der Waals surface area (Å²) in [6, 6.07) is 5.72. The second-order valence-corrected chi connectivity index (χ2v) is 11.4. The van der Waals surface area contributed by atoms with Crippen LogP contribution < -0.4 is 10.2 Å². The molecule has 2 fully saturated rings. The van der Waals surface area contributed by atoms with Gasteiger partial charge in [0.05, 0.1) is 12.3 Å². The van der Waals surface area contributed by atoms with Crippen molar-refractivity contribution in [1.82, 2.24) is 9.62 Å². The summed E-state index contributed by atoms with van der Waals surface area (Å²) in [5, 5.41) is 3.15. The third kappa shape index (κ3) is 4.95. The molecule has 2 aliphatic rings. The van der Waals surface area contributed by atoms with Gasteiger partial charge < -0.3 is 5.32 Å². The lowest BCUT2D eigenvalue weighted by atomic mass is 9.93. The van der Waals surface area contributed by atoms with Crippen LogP contribution >= 0.6 is 0 Å². The molecule has 7 nitrogen and oxygen atoms in total. The fourth-order valence-corrected chi connectivity index (χ4v) is 5.70. The molecular formula is C23H35N3O4S. The molecule has 1 aromatic carbocycles. The molecule has 1 aliphatic heterocycles. The van der Waals surface area contributed by atoms with Gasteiger partial charge in [-0.1, -0.05) is 31.7 Å². The van der Waals surface area contributed by atoms with E-state index in [0.29, 0.717) is 5.69 Å². The molecule has 0 unspecified atom stereocenters. The van der Waals surface area contributed by atoms with E-state index in [1.165, 1.54) is 22.0 Å². The van der Waals surface area contributed by atoms with Crippen molar-refractivity contribution < 1.29 is 18.0 Å². The highest BCUT2D eigenvalue weighted by molar-refractivity contribution is 7.89. The number of hydrogen-bond donors (Lipinski definition) is 1. The first kappa shape index (κ1) is 23.7. The maximum atomic E-state index is 13.6. The first-order valence-electron chi connectivity index (χ1n) is 11.3. The Morgan fingerprint density at radius 1 is 1.13 bits per heavy atom. The summed E-state index contributed by atoms with van der Waals surface area (Å²) in [5.41, 5.74) is 1.40. The van der Waals surface area contributed by atoms with Crippen LogP contribution in [0.3, 0.4) is 0 Å². The summed E-state index contributed by atoms with van der Waals surface area (Å²) in [5.74, 6) is -0.781. The highest BCUT2D eigenvalue weighted by atomic mass is 32.2. The van der Waals surface area contributed by atoms with E-state index in [2.05, 4.69) is 5.32 Å². The largest absolute Gasteiger partial charge is 0.351 e. The minimum Gasteiger partial charge on any atom is -0.351 e. The van der Waals surface area contributed by atoms with E-state index in [-0.39, 0.29) is 36.7 Å². The van der Waals surface area contributed by atoms with Crippen LogP contribution in [-0.2, 0) is 19.6 Å². The second-order valence-electron chi connectivity index (χ2n) is 9.10. The number of nitrogens with one attached hydrogen (secondary N) is 1. The zero-order valence-electron chi connectivity index (χ0n) is 19.1. The van der Waals surface area contributed by atoms with E-state index in [9.17, 15) is 18.0 Å². The van der Waals surface area contributed by atoms with E-state index in [1.54, 1.807) is 13.8 Å². The van der Waals surface area contributed by atoms with Crippen molar-refractivity contribution in [3.05, 3.63) is 29.3 Å². The molecule has 1 saturated carbocycles. The number of rotatable bonds is 5. The first-order chi connectivity index (χ1) is 14.6. The van der Waals surface area contributed by atoms with Crippen molar-refractivity contribution in [2.45, 2.75) is 77.8 Å². The van der Waals surface area contributed by atoms with Gasteiger partial charge in [-0.15, -0.1) is 0 Å². The van der Waals surface area contributed by atoms with E-state index in [1.807, 2.05) is 32.0 Å². The second kappa shape index (κ2) is 9.28. The Labute approximate surface area is 186 Å². The van der Waals surface area contributed by atoms with Crippen molar-refractivity contribution in [3.8, 4) is 0 Å². The number of aryl methyl sites for hydroxylation is 2. The van der Waals surface area contributed by atoms with E-state index in [4.69, 9.17) is 0 Å². The predicted molar refractivity (Wildman–Crippen MR) is 122 cm³/mol. The average Bonchev–Trinajstić information content (AvgIpc) is 2.98. The molecule has 1 N–H and O–H groups in total. The van der Waals surface area contributed by atoms with Crippen LogP contribution in [0.1, 0.15) is 63.5 Å². The third-order valence-electron chi connectivity index (χ3n) is 6.73. The molecular weight excluding hydrogens is 414 g/mol. The van der Waals surface area contributed by atoms with Crippen molar-refractivity contribution in [2.75, 3.05) is 23.7 Å². The van der Waals surface area contributed by atoms with Crippen LogP contribution in [0.25, 0.3) is 0 Å². The van der Waals surface area contributed by atoms with Gasteiger partial charge in [-0.2, -0.15) is 4.31 Å². The molecule has 1 heterocycles. The molecule has 3 rings (SSSR count). The van der Waals surface area contributed by atoms with Gasteiger partial charge in [-0.05, 0) is 63.8 Å². The molecule has 8 heteroatoms. The number of nitrogens with zero attached hydrogens (tertiary/aromatic N) is 2. The Bertz CT molecular complexity index is 938. The zero-order valence-corrected chi connectivity index (χ0v) is 19.9. The van der Waals surface area contributed by atoms with Gasteiger partial charge >= 0.3 is 0 Å². The predicted octanol–water partition coefficient (Wildman–Crippen LogP) is 2.90. The number of piperazine rings is 1. The molecule has 0 bridgehead atoms. The molecule has 0 spiro atoms. The molecule has 31 heavy (non-hydrogen) atoms. The van der Waals surface area contributed by atoms with Gasteiger partial charge in [0.15, 0.2) is 0 Å². The van der Waals surface area contributed by atoms with E-state index < -0.39 is 15.6 Å². The summed E-state index contributed by atoms with van der Waals surface area (Å²) >= 11 is 0. The molecule has 1 atom stereocenters. The molecule has 0 aromatic heterocycles. The van der Waals surface area contributed by atoms with E-state index >= 15 is 0 Å². The number of anilines is 1. The molecule has 0 radical (unpaired) electrons. The molecule has 1 aliphatic carbocycles. The van der Waals surface area contributed by atoms with Crippen molar-refractivity contribution in [1.29, 1.82) is 0 Å². The lowest BCUT2D eigenvalue weighted by Crippen LogP contribution is -2.70. The zero-order chi connectivity index (χ0) is 22.8. The summed E-state index contributed by atoms with van der Waals surface area (Å²) in [7, 11) is -3.61. The smallest absolute Gasteiger partial charge is 0.247 e. The quantitative estimate of drug-likeness (QED) is 0.701. The number of amides is 2. The topological polar surface area (TPSA) is 86.8 Å². The van der Waals surface area contributed by atoms with Crippen LogP contribution in [0.4, 0.5) is 5.69 Å². The van der Waals surface area contributed by atoms with Gasteiger partial charge in [-0.25, -0.2) is 8.42 Å². The molecule has 1 aromatic rings. The molecule has 2 amide bonds. The fraction of sp³-hybridized carbons (Fsp3) is 0.652. The van der Waals surface area contributed by atoms with Crippen molar-refractivity contribution >= 4 is 27.5 Å². The Morgan fingerprint density at radius 3 is 2.35 bits per heavy atom. The summed E-state index contributed by atoms with van der Waals surface area (Å²) < 4.78 is 26.4. The number of hydrogen-bond acceptors (Lipinski definition) is 4. The fourth-order valence-electron chi connectivity index (χ4n) is 4.58. The maximum absolute atomic E-state index is 13.6. The number of carbonyl (C=O) groups is 2. The molecule has 1 saturated heterocycles. The standard InChI is InChI=1S/C23H35N3O4S/c1-5-31(29,30)25-15-21(27)26(20-13-12-17(2)18(3)14-20)23(4,16-25)22(28)24-19-10-8-6-7-9-11-19/h12-14,19H,5-11,15-16H2,1-4H3,(H,24,28)/t23-/m0/s1. The minimum absolute atomic E-state index is 0.0552. The monoisotopic (exact) mass is 449 g/mol. The molecule has 172 valence electrons. The van der Waals surface area contributed by atoms with Crippen LogP contribution in [0.2, 0.25) is 0 Å². The highest BCUT2D eigenvalue weighted by Crippen LogP contribution is 2.32. The van der Waals surface area contributed by atoms with E-state index in [0.717, 1.165) is 36.8 Å². The lowest BCUT2D eigenvalue weighted by Gasteiger charge is -2.47.